The van der Waals surface area contributed by atoms with E-state index in [0.29, 0.717) is 25.7 Å². The van der Waals surface area contributed by atoms with E-state index in [1.54, 1.807) is 9.44 Å². The number of carbonyl (C=O) groups is 2. The zero-order valence-electron chi connectivity index (χ0n) is 18.8. The Hall–Kier alpha value is -3.92. The number of urea groups is 2. The van der Waals surface area contributed by atoms with Gasteiger partial charge in [-0.05, 0) is 37.1 Å². The van der Waals surface area contributed by atoms with Gasteiger partial charge in [0.05, 0.1) is 9.79 Å². The minimum Gasteiger partial charge on any atom is -0.504 e. The van der Waals surface area contributed by atoms with Crippen LogP contribution >= 0.6 is 0 Å². The standard InChI is InChI=1S/C20H26N4O10S2/c25-15-7-5-13(11-17(15)27)35(31,32)23-19(29)21-9-3-1-2-4-10-22-20(30)24-36(33,34)14-6-8-16(26)18(28)12-14/h5-8,11-12,25-28H,1-4,9-10H2,(H2,21,23,29)(H2,22,24,30). The monoisotopic (exact) mass is 546 g/mol. The van der Waals surface area contributed by atoms with Crippen LogP contribution in [0, 0.1) is 0 Å². The molecule has 0 fully saturated rings. The Labute approximate surface area is 207 Å². The van der Waals surface area contributed by atoms with Gasteiger partial charge in [0, 0.05) is 25.2 Å². The molecule has 0 saturated carbocycles. The zero-order chi connectivity index (χ0) is 26.9. The summed E-state index contributed by atoms with van der Waals surface area (Å²) in [5.74, 6) is -2.31. The van der Waals surface area contributed by atoms with E-state index in [9.17, 15) is 46.9 Å². The van der Waals surface area contributed by atoms with Crippen molar-refractivity contribution in [1.82, 2.24) is 20.1 Å². The number of aromatic hydroxyl groups is 4. The zero-order valence-corrected chi connectivity index (χ0v) is 20.4. The number of unbranched alkanes of at least 4 members (excludes halogenated alkanes) is 3. The highest BCUT2D eigenvalue weighted by atomic mass is 32.2. The molecule has 0 aliphatic rings. The van der Waals surface area contributed by atoms with E-state index in [-0.39, 0.29) is 13.1 Å². The van der Waals surface area contributed by atoms with Crippen LogP contribution in [0.25, 0.3) is 0 Å². The van der Waals surface area contributed by atoms with Gasteiger partial charge < -0.3 is 31.1 Å². The SMILES string of the molecule is O=C(NCCCCCCNC(=O)NS(=O)(=O)c1ccc(O)c(O)c1)NS(=O)(=O)c1ccc(O)c(O)c1. The van der Waals surface area contributed by atoms with Crippen molar-refractivity contribution in [1.29, 1.82) is 0 Å². The first kappa shape index (κ1) is 28.3. The molecule has 0 unspecified atom stereocenters. The highest BCUT2D eigenvalue weighted by Gasteiger charge is 2.20. The maximum absolute atomic E-state index is 12.1. The van der Waals surface area contributed by atoms with Crippen LogP contribution in [0.5, 0.6) is 23.0 Å². The molecular weight excluding hydrogens is 520 g/mol. The summed E-state index contributed by atoms with van der Waals surface area (Å²) in [6.45, 7) is 0.321. The lowest BCUT2D eigenvalue weighted by Gasteiger charge is -2.10. The molecule has 198 valence electrons. The summed E-state index contributed by atoms with van der Waals surface area (Å²) in [4.78, 5) is 22.8. The fraction of sp³-hybridized carbons (Fsp3) is 0.300. The molecule has 0 saturated heterocycles. The number of nitrogens with one attached hydrogen (secondary N) is 4. The van der Waals surface area contributed by atoms with Crippen molar-refractivity contribution < 1.29 is 46.9 Å². The summed E-state index contributed by atoms with van der Waals surface area (Å²) in [5, 5.41) is 42.0. The Balaban J connectivity index is 1.61. The highest BCUT2D eigenvalue weighted by Crippen LogP contribution is 2.27. The first-order chi connectivity index (χ1) is 16.8. The summed E-state index contributed by atoms with van der Waals surface area (Å²) in [5.41, 5.74) is 0. The van der Waals surface area contributed by atoms with Crippen molar-refractivity contribution >= 4 is 32.1 Å². The number of phenols is 4. The van der Waals surface area contributed by atoms with Crippen LogP contribution in [0.15, 0.2) is 46.2 Å². The molecule has 0 bridgehead atoms. The number of carbonyl (C=O) groups excluding carboxylic acids is 2. The molecule has 0 atom stereocenters. The maximum Gasteiger partial charge on any atom is 0.328 e. The molecule has 16 heteroatoms. The van der Waals surface area contributed by atoms with E-state index < -0.39 is 64.9 Å². The Morgan fingerprint density at radius 1 is 0.583 bits per heavy atom. The van der Waals surface area contributed by atoms with Gasteiger partial charge in [-0.25, -0.2) is 35.9 Å². The van der Waals surface area contributed by atoms with Crippen LogP contribution in [-0.2, 0) is 20.0 Å². The van der Waals surface area contributed by atoms with Crippen molar-refractivity contribution in [3.8, 4) is 23.0 Å². The predicted molar refractivity (Wildman–Crippen MR) is 125 cm³/mol. The lowest BCUT2D eigenvalue weighted by Crippen LogP contribution is -2.40. The van der Waals surface area contributed by atoms with Crippen LogP contribution in [0.4, 0.5) is 9.59 Å². The summed E-state index contributed by atoms with van der Waals surface area (Å²) >= 11 is 0. The molecular formula is C20H26N4O10S2. The van der Waals surface area contributed by atoms with E-state index in [1.807, 2.05) is 0 Å². The third-order valence-electron chi connectivity index (χ3n) is 4.64. The maximum atomic E-state index is 12.1. The van der Waals surface area contributed by atoms with Crippen LogP contribution in [0.1, 0.15) is 25.7 Å². The van der Waals surface area contributed by atoms with Gasteiger partial charge >= 0.3 is 12.1 Å². The molecule has 0 aliphatic carbocycles. The topological polar surface area (TPSA) is 231 Å². The normalized spacial score (nSPS) is 11.4. The molecule has 4 amide bonds. The third kappa shape index (κ3) is 8.38. The lowest BCUT2D eigenvalue weighted by atomic mass is 10.2. The summed E-state index contributed by atoms with van der Waals surface area (Å²) in [6.07, 6.45) is 2.23. The first-order valence-electron chi connectivity index (χ1n) is 10.5. The van der Waals surface area contributed by atoms with Gasteiger partial charge in [-0.2, -0.15) is 0 Å². The number of hydrogen-bond donors (Lipinski definition) is 8. The second-order valence-electron chi connectivity index (χ2n) is 7.44. The largest absolute Gasteiger partial charge is 0.504 e. The molecule has 14 nitrogen and oxygen atoms in total. The summed E-state index contributed by atoms with van der Waals surface area (Å²) in [7, 11) is -8.48. The number of sulfonamides is 2. The van der Waals surface area contributed by atoms with Gasteiger partial charge in [0.1, 0.15) is 0 Å². The van der Waals surface area contributed by atoms with E-state index in [0.717, 1.165) is 36.4 Å². The quantitative estimate of drug-likeness (QED) is 0.145. The van der Waals surface area contributed by atoms with Crippen LogP contribution < -0.4 is 20.1 Å². The Morgan fingerprint density at radius 3 is 1.28 bits per heavy atom. The smallest absolute Gasteiger partial charge is 0.328 e. The van der Waals surface area contributed by atoms with Crippen LogP contribution in [-0.4, -0.2) is 62.4 Å². The van der Waals surface area contributed by atoms with Gasteiger partial charge in [-0.1, -0.05) is 12.8 Å². The molecule has 0 aromatic heterocycles. The highest BCUT2D eigenvalue weighted by molar-refractivity contribution is 7.90. The summed E-state index contributed by atoms with van der Waals surface area (Å²) in [6, 6.07) is 3.65. The lowest BCUT2D eigenvalue weighted by molar-refractivity contribution is 0.244. The number of phenolic OH excluding ortho intramolecular Hbond substituents is 4. The van der Waals surface area contributed by atoms with Crippen molar-refractivity contribution in [3.05, 3.63) is 36.4 Å². The number of hydrogen-bond acceptors (Lipinski definition) is 10. The van der Waals surface area contributed by atoms with Crippen molar-refractivity contribution in [3.63, 3.8) is 0 Å². The third-order valence-corrected chi connectivity index (χ3v) is 7.30. The van der Waals surface area contributed by atoms with Gasteiger partial charge in [0.25, 0.3) is 20.0 Å². The molecule has 2 rings (SSSR count). The van der Waals surface area contributed by atoms with E-state index in [1.165, 1.54) is 0 Å². The van der Waals surface area contributed by atoms with E-state index in [4.69, 9.17) is 0 Å². The number of benzene rings is 2. The van der Waals surface area contributed by atoms with Crippen molar-refractivity contribution in [2.75, 3.05) is 13.1 Å². The number of rotatable bonds is 11. The van der Waals surface area contributed by atoms with E-state index in [2.05, 4.69) is 10.6 Å². The Morgan fingerprint density at radius 2 is 0.944 bits per heavy atom. The van der Waals surface area contributed by atoms with Gasteiger partial charge in [-0.3, -0.25) is 0 Å². The first-order valence-corrected chi connectivity index (χ1v) is 13.4. The fourth-order valence-electron chi connectivity index (χ4n) is 2.78. The van der Waals surface area contributed by atoms with Crippen LogP contribution in [0.3, 0.4) is 0 Å². The minimum atomic E-state index is -4.24. The molecule has 0 aliphatic heterocycles. The summed E-state index contributed by atoms with van der Waals surface area (Å²) < 4.78 is 52.0. The van der Waals surface area contributed by atoms with E-state index >= 15 is 0 Å². The molecule has 2 aromatic rings. The van der Waals surface area contributed by atoms with Crippen LogP contribution in [0.2, 0.25) is 0 Å². The predicted octanol–water partition coefficient (Wildman–Crippen LogP) is 0.745. The minimum absolute atomic E-state index is 0.161. The average molecular weight is 547 g/mol. The molecule has 36 heavy (non-hydrogen) atoms. The average Bonchev–Trinajstić information content (AvgIpc) is 2.78. The van der Waals surface area contributed by atoms with Crippen molar-refractivity contribution in [2.24, 2.45) is 0 Å². The van der Waals surface area contributed by atoms with Gasteiger partial charge in [-0.15, -0.1) is 0 Å². The van der Waals surface area contributed by atoms with Gasteiger partial charge in [0.15, 0.2) is 23.0 Å². The molecule has 0 heterocycles. The Bertz CT molecular complexity index is 1210. The number of amides is 4. The second-order valence-corrected chi connectivity index (χ2v) is 10.8. The Kier molecular flexibility index (Phi) is 9.57. The van der Waals surface area contributed by atoms with Gasteiger partial charge in [0.2, 0.25) is 0 Å². The molecule has 8 N–H and O–H groups in total. The molecule has 0 spiro atoms. The molecule has 0 radical (unpaired) electrons. The van der Waals surface area contributed by atoms with Crippen molar-refractivity contribution in [2.45, 2.75) is 35.5 Å². The molecule has 2 aromatic carbocycles. The second kappa shape index (κ2) is 12.2. The fourth-order valence-corrected chi connectivity index (χ4v) is 4.68.